The molecule has 0 fully saturated rings. The highest BCUT2D eigenvalue weighted by Crippen LogP contribution is 2.35. The van der Waals surface area contributed by atoms with Gasteiger partial charge in [-0.25, -0.2) is 9.59 Å². The second-order valence-electron chi connectivity index (χ2n) is 11.6. The van der Waals surface area contributed by atoms with Crippen molar-refractivity contribution in [2.75, 3.05) is 19.7 Å². The summed E-state index contributed by atoms with van der Waals surface area (Å²) in [6.07, 6.45) is -3.79. The summed E-state index contributed by atoms with van der Waals surface area (Å²) in [5.74, 6) is -6.68. The summed E-state index contributed by atoms with van der Waals surface area (Å²) in [5.41, 5.74) is 6.27. The number of aliphatic carboxylic acids is 2. The van der Waals surface area contributed by atoms with Crippen LogP contribution in [0.4, 0.5) is 13.2 Å². The zero-order valence-corrected chi connectivity index (χ0v) is 27.9. The lowest BCUT2D eigenvalue weighted by Gasteiger charge is -2.22. The zero-order valence-electron chi connectivity index (χ0n) is 27.9. The van der Waals surface area contributed by atoms with Crippen LogP contribution in [0, 0.1) is 0 Å². The quantitative estimate of drug-likeness (QED) is 0.0626. The van der Waals surface area contributed by atoms with Gasteiger partial charge in [0.1, 0.15) is 18.1 Å². The van der Waals surface area contributed by atoms with Crippen LogP contribution in [-0.2, 0) is 35.2 Å². The Balaban J connectivity index is 0.00000106. The molecule has 0 aliphatic heterocycles. The highest BCUT2D eigenvalue weighted by atomic mass is 19.4. The molecule has 4 amide bonds. The van der Waals surface area contributed by atoms with E-state index in [1.54, 1.807) is 0 Å². The Morgan fingerprint density at radius 1 is 0.769 bits per heavy atom. The SMILES string of the molecule is CC(=O)N[C@@H](CO)C(=O)N[C@@H](CCCCN)C(=O)NCC(=O)N[C@@H](Cc1cc2ccc3cccc4ccc(c1)c2c34)C(=O)O.O.O=C(O)C(F)(F)F. The van der Waals surface area contributed by atoms with Crippen LogP contribution in [0.3, 0.4) is 0 Å². The van der Waals surface area contributed by atoms with Crippen molar-refractivity contribution in [3.8, 4) is 0 Å². The monoisotopic (exact) mass is 735 g/mol. The molecule has 4 rings (SSSR count). The number of amides is 4. The van der Waals surface area contributed by atoms with Gasteiger partial charge in [-0.2, -0.15) is 13.2 Å². The third-order valence-electron chi connectivity index (χ3n) is 7.72. The van der Waals surface area contributed by atoms with Crippen molar-refractivity contribution in [2.45, 2.75) is 56.9 Å². The number of hydrogen-bond acceptors (Lipinski definition) is 8. The lowest BCUT2D eigenvalue weighted by Crippen LogP contribution is -2.55. The summed E-state index contributed by atoms with van der Waals surface area (Å²) in [6.45, 7) is 0.364. The maximum absolute atomic E-state index is 12.9. The van der Waals surface area contributed by atoms with Crippen LogP contribution in [0.15, 0.2) is 54.6 Å². The van der Waals surface area contributed by atoms with Gasteiger partial charge in [-0.3, -0.25) is 19.2 Å². The fourth-order valence-electron chi connectivity index (χ4n) is 5.38. The Labute approximate surface area is 294 Å². The third-order valence-corrected chi connectivity index (χ3v) is 7.72. The Bertz CT molecular complexity index is 1820. The molecule has 18 heteroatoms. The number of rotatable bonds is 15. The second kappa shape index (κ2) is 19.1. The molecule has 0 saturated carbocycles. The number of carboxylic acids is 2. The van der Waals surface area contributed by atoms with Crippen molar-refractivity contribution in [3.05, 3.63) is 60.2 Å². The fourth-order valence-corrected chi connectivity index (χ4v) is 5.38. The summed E-state index contributed by atoms with van der Waals surface area (Å²) < 4.78 is 31.7. The maximum Gasteiger partial charge on any atom is 0.490 e. The number of benzene rings is 4. The smallest absolute Gasteiger partial charge is 0.480 e. The average molecular weight is 736 g/mol. The summed E-state index contributed by atoms with van der Waals surface area (Å²) in [5, 5.41) is 42.6. The number of unbranched alkanes of at least 4 members (excludes halogenated alkanes) is 1. The molecular formula is C34H40F3N5O10. The molecule has 0 aliphatic rings. The van der Waals surface area contributed by atoms with Gasteiger partial charge in [0.05, 0.1) is 13.2 Å². The Kier molecular flexibility index (Phi) is 15.7. The van der Waals surface area contributed by atoms with Gasteiger partial charge in [0.2, 0.25) is 23.6 Å². The standard InChI is InChI=1S/C32H37N5O7.C2HF3O2.H2O/c1-18(39)35-26(17-38)31(42)37-24(7-2-3-12-33)30(41)34-16-27(40)36-25(32(43)44)15-19-13-22-10-8-20-5-4-6-21-9-11-23(14-19)29(22)28(20)21;3-2(4,5)1(6)7;/h4-6,8-11,13-14,24-26,38H,2-3,7,12,15-17,33H2,1H3,(H,34,41)(H,35,39)(H,36,40)(H,37,42)(H,43,44);(H,6,7);1H2/t24-,25-,26-;;/m0../s1. The number of halogens is 3. The van der Waals surface area contributed by atoms with E-state index in [9.17, 15) is 47.4 Å². The lowest BCUT2D eigenvalue weighted by atomic mass is 9.91. The number of carboxylic acid groups (broad SMARTS) is 2. The number of nitrogens with two attached hydrogens (primary N) is 1. The topological polar surface area (TPSA) is 269 Å². The Morgan fingerprint density at radius 2 is 1.31 bits per heavy atom. The van der Waals surface area contributed by atoms with Gasteiger partial charge in [-0.05, 0) is 63.7 Å². The van der Waals surface area contributed by atoms with E-state index in [1.807, 2.05) is 42.5 Å². The zero-order chi connectivity index (χ0) is 37.9. The minimum absolute atomic E-state index is 0. The van der Waals surface area contributed by atoms with Gasteiger partial charge >= 0.3 is 18.1 Å². The Morgan fingerprint density at radius 3 is 1.79 bits per heavy atom. The molecule has 11 N–H and O–H groups in total. The van der Waals surface area contributed by atoms with Crippen LogP contribution in [0.25, 0.3) is 32.3 Å². The van der Waals surface area contributed by atoms with Crippen LogP contribution < -0.4 is 27.0 Å². The normalized spacial score (nSPS) is 12.8. The second-order valence-corrected chi connectivity index (χ2v) is 11.6. The first-order valence-corrected chi connectivity index (χ1v) is 15.7. The number of nitrogens with one attached hydrogen (secondary N) is 4. The van der Waals surface area contributed by atoms with Gasteiger partial charge in [-0.15, -0.1) is 0 Å². The van der Waals surface area contributed by atoms with Gasteiger partial charge in [-0.1, -0.05) is 54.6 Å². The van der Waals surface area contributed by atoms with E-state index in [1.165, 1.54) is 6.92 Å². The predicted molar refractivity (Wildman–Crippen MR) is 183 cm³/mol. The van der Waals surface area contributed by atoms with Crippen LogP contribution in [0.5, 0.6) is 0 Å². The molecule has 0 spiro atoms. The highest BCUT2D eigenvalue weighted by molar-refractivity contribution is 6.23. The van der Waals surface area contributed by atoms with E-state index in [0.717, 1.165) is 37.9 Å². The van der Waals surface area contributed by atoms with Crippen LogP contribution in [-0.4, -0.2) is 100 Å². The van der Waals surface area contributed by atoms with Crippen LogP contribution in [0.1, 0.15) is 31.7 Å². The van der Waals surface area contributed by atoms with Crippen molar-refractivity contribution in [1.82, 2.24) is 21.3 Å². The number of carbonyl (C=O) groups is 6. The first-order chi connectivity index (χ1) is 24.0. The van der Waals surface area contributed by atoms with Gasteiger partial charge in [0, 0.05) is 13.3 Å². The summed E-state index contributed by atoms with van der Waals surface area (Å²) in [4.78, 5) is 70.5. The van der Waals surface area contributed by atoms with Gasteiger partial charge < -0.3 is 47.8 Å². The lowest BCUT2D eigenvalue weighted by molar-refractivity contribution is -0.192. The summed E-state index contributed by atoms with van der Waals surface area (Å²) in [7, 11) is 0. The van der Waals surface area contributed by atoms with E-state index in [0.29, 0.717) is 19.4 Å². The first kappa shape index (κ1) is 42.6. The molecule has 0 saturated heterocycles. The molecule has 15 nitrogen and oxygen atoms in total. The van der Waals surface area contributed by atoms with Crippen molar-refractivity contribution in [2.24, 2.45) is 5.73 Å². The number of aliphatic hydroxyl groups is 1. The minimum Gasteiger partial charge on any atom is -0.480 e. The first-order valence-electron chi connectivity index (χ1n) is 15.7. The number of aliphatic hydroxyl groups excluding tert-OH is 1. The minimum atomic E-state index is -5.08. The number of alkyl halides is 3. The van der Waals surface area contributed by atoms with Crippen LogP contribution >= 0.6 is 0 Å². The molecule has 52 heavy (non-hydrogen) atoms. The fraction of sp³-hybridized carbons (Fsp3) is 0.353. The van der Waals surface area contributed by atoms with E-state index < -0.39 is 73.0 Å². The molecular weight excluding hydrogens is 695 g/mol. The van der Waals surface area contributed by atoms with Crippen molar-refractivity contribution in [3.63, 3.8) is 0 Å². The molecule has 4 aromatic rings. The predicted octanol–water partition coefficient (Wildman–Crippen LogP) is 0.732. The maximum atomic E-state index is 12.9. The molecule has 0 radical (unpaired) electrons. The van der Waals surface area contributed by atoms with Crippen molar-refractivity contribution in [1.29, 1.82) is 0 Å². The molecule has 4 aromatic carbocycles. The van der Waals surface area contributed by atoms with Crippen LogP contribution in [0.2, 0.25) is 0 Å². The van der Waals surface area contributed by atoms with Crippen molar-refractivity contribution >= 4 is 67.9 Å². The highest BCUT2D eigenvalue weighted by Gasteiger charge is 2.38. The van der Waals surface area contributed by atoms with E-state index in [4.69, 9.17) is 15.6 Å². The summed E-state index contributed by atoms with van der Waals surface area (Å²) >= 11 is 0. The van der Waals surface area contributed by atoms with Gasteiger partial charge in [0.15, 0.2) is 0 Å². The molecule has 0 aromatic heterocycles. The number of hydrogen-bond donors (Lipinski definition) is 8. The number of carbonyl (C=O) groups excluding carboxylic acids is 4. The molecule has 282 valence electrons. The largest absolute Gasteiger partial charge is 0.490 e. The summed E-state index contributed by atoms with van der Waals surface area (Å²) in [6, 6.07) is 14.4. The van der Waals surface area contributed by atoms with E-state index >= 15 is 0 Å². The van der Waals surface area contributed by atoms with Gasteiger partial charge in [0.25, 0.3) is 0 Å². The van der Waals surface area contributed by atoms with Crippen molar-refractivity contribution < 1.29 is 62.7 Å². The van der Waals surface area contributed by atoms with E-state index in [-0.39, 0.29) is 18.3 Å². The molecule has 0 aliphatic carbocycles. The molecule has 3 atom stereocenters. The third kappa shape index (κ3) is 11.7. The average Bonchev–Trinajstić information content (AvgIpc) is 3.07. The van der Waals surface area contributed by atoms with E-state index in [2.05, 4.69) is 33.4 Å². The molecule has 0 bridgehead atoms. The molecule has 0 heterocycles. The Hall–Kier alpha value is -5.59. The molecule has 0 unspecified atom stereocenters.